The molecule has 11 heteroatoms. The number of halogens is 3. The smallest absolute Gasteiger partial charge is 0.406 e. The number of urea groups is 1. The molecule has 6 aliphatic rings. The molecule has 4 aromatic rings. The number of amides is 2. The third-order valence-corrected chi connectivity index (χ3v) is 16.6. The Morgan fingerprint density at radius 2 is 1.59 bits per heavy atom. The lowest BCUT2D eigenvalue weighted by Gasteiger charge is -2.71. The first-order chi connectivity index (χ1) is 28.0. The molecule has 1 unspecified atom stereocenters. The molecule has 10 rings (SSSR count). The highest BCUT2D eigenvalue weighted by molar-refractivity contribution is 7.21. The monoisotopic (exact) mass is 824 g/mol. The Balaban J connectivity index is 1.08. The van der Waals surface area contributed by atoms with E-state index in [-0.39, 0.29) is 47.9 Å². The maximum Gasteiger partial charge on any atom is 0.573 e. The van der Waals surface area contributed by atoms with Gasteiger partial charge in [-0.2, -0.15) is 0 Å². The average Bonchev–Trinajstić information content (AvgIpc) is 3.76. The summed E-state index contributed by atoms with van der Waals surface area (Å²) in [7, 11) is 0. The van der Waals surface area contributed by atoms with Crippen molar-refractivity contribution < 1.29 is 37.7 Å². The molecule has 3 saturated carbocycles. The lowest BCUT2D eigenvalue weighted by molar-refractivity contribution is -0.274. The zero-order valence-corrected chi connectivity index (χ0v) is 34.4. The molecular formula is C48H51F3N2O5S. The minimum absolute atomic E-state index is 0.00980. The van der Waals surface area contributed by atoms with Crippen LogP contribution in [0.3, 0.4) is 0 Å². The number of carbonyl (C=O) groups excluding carboxylic acids is 2. The van der Waals surface area contributed by atoms with Crippen LogP contribution in [0.4, 0.5) is 18.0 Å². The number of hydrogen-bond acceptors (Lipinski definition) is 6. The number of Topliss-reactive ketones (excluding diaryl/α,β-unsaturated/α-hetero) is 1. The van der Waals surface area contributed by atoms with Gasteiger partial charge in [0.15, 0.2) is 5.78 Å². The van der Waals surface area contributed by atoms with Gasteiger partial charge in [-0.15, -0.1) is 24.5 Å². The van der Waals surface area contributed by atoms with Crippen molar-refractivity contribution in [2.75, 3.05) is 6.54 Å². The van der Waals surface area contributed by atoms with Gasteiger partial charge in [0.05, 0.1) is 29.2 Å². The Hall–Kier alpha value is -4.45. The number of benzene rings is 3. The van der Waals surface area contributed by atoms with Crippen molar-refractivity contribution in [2.45, 2.75) is 96.4 Å². The van der Waals surface area contributed by atoms with Crippen molar-refractivity contribution in [2.24, 2.45) is 33.5 Å². The molecule has 7 nitrogen and oxygen atoms in total. The van der Waals surface area contributed by atoms with E-state index in [2.05, 4.69) is 42.1 Å². The summed E-state index contributed by atoms with van der Waals surface area (Å²) < 4.78 is 44.1. The van der Waals surface area contributed by atoms with Gasteiger partial charge in [-0.05, 0) is 110 Å². The molecule has 59 heavy (non-hydrogen) atoms. The molecule has 310 valence electrons. The van der Waals surface area contributed by atoms with E-state index in [0.29, 0.717) is 42.5 Å². The topological polar surface area (TPSA) is 99.1 Å². The lowest BCUT2D eigenvalue weighted by atomic mass is 9.32. The third kappa shape index (κ3) is 6.36. The Labute approximate surface area is 347 Å². The fourth-order valence-corrected chi connectivity index (χ4v) is 13.5. The van der Waals surface area contributed by atoms with Crippen LogP contribution in [0.25, 0.3) is 10.1 Å². The second-order valence-corrected chi connectivity index (χ2v) is 19.5. The number of carbonyl (C=O) groups is 2. The van der Waals surface area contributed by atoms with Crippen LogP contribution in [0, 0.1) is 33.5 Å². The second-order valence-electron chi connectivity index (χ2n) is 18.4. The molecule has 9 atom stereocenters. The van der Waals surface area contributed by atoms with E-state index in [1.807, 2.05) is 67.6 Å². The van der Waals surface area contributed by atoms with Crippen LogP contribution >= 0.6 is 11.3 Å². The van der Waals surface area contributed by atoms with Gasteiger partial charge in [-0.3, -0.25) is 4.79 Å². The van der Waals surface area contributed by atoms with Gasteiger partial charge in [-0.1, -0.05) is 92.7 Å². The SMILES string of the molecule is C[C@@H](NC(=O)N(Cc1ccc(OC(F)(F)F)cc1)C[C@]1(O)CC[C@H]2[C@]34C=C[C@@]5(C=C3C(=O)c3cc6ccccc6s3)CC(O)CC[C@]5(C)[C@H]4CC[C@@]21C)c1ccccc1. The van der Waals surface area contributed by atoms with Crippen LogP contribution < -0.4 is 10.1 Å². The number of nitrogens with one attached hydrogen (secondary N) is 1. The number of allylic oxidation sites excluding steroid dienone is 4. The first-order valence-electron chi connectivity index (χ1n) is 20.8. The van der Waals surface area contributed by atoms with Crippen LogP contribution in [0.2, 0.25) is 0 Å². The van der Waals surface area contributed by atoms with Crippen LogP contribution in [-0.4, -0.2) is 51.5 Å². The highest BCUT2D eigenvalue weighted by Gasteiger charge is 2.74. The van der Waals surface area contributed by atoms with E-state index in [1.165, 1.54) is 35.6 Å². The summed E-state index contributed by atoms with van der Waals surface area (Å²) in [4.78, 5) is 31.8. The predicted molar refractivity (Wildman–Crippen MR) is 222 cm³/mol. The van der Waals surface area contributed by atoms with Crippen molar-refractivity contribution in [3.8, 4) is 5.75 Å². The molecule has 6 aliphatic carbocycles. The summed E-state index contributed by atoms with van der Waals surface area (Å²) in [5.41, 5.74) is -1.16. The fraction of sp³-hybridized carbons (Fsp3) is 0.458. The first kappa shape index (κ1) is 40.0. The maximum absolute atomic E-state index is 15.2. The zero-order chi connectivity index (χ0) is 41.6. The van der Waals surface area contributed by atoms with E-state index in [4.69, 9.17) is 0 Å². The van der Waals surface area contributed by atoms with E-state index in [0.717, 1.165) is 34.1 Å². The van der Waals surface area contributed by atoms with Crippen molar-refractivity contribution in [1.29, 1.82) is 0 Å². The predicted octanol–water partition coefficient (Wildman–Crippen LogP) is 10.5. The Bertz CT molecular complexity index is 2310. The van der Waals surface area contributed by atoms with E-state index >= 15 is 4.79 Å². The summed E-state index contributed by atoms with van der Waals surface area (Å²) in [5, 5.41) is 28.5. The molecule has 2 amide bonds. The van der Waals surface area contributed by atoms with Crippen LogP contribution in [0.5, 0.6) is 5.75 Å². The standard InChI is InChI=1S/C48H51F3N2O5S/c1-30(32-9-5-4-6-10-32)52-42(56)53(28-31-13-15-35(16-14-31)58-48(49,50)51)29-46(57)22-19-40-44(46,3)21-18-39-43(2)20-17-34(54)26-45(43)23-24-47(39,40)36(27-45)41(55)38-25-33-11-7-8-12-37(33)59-38/h4-16,23-25,27,30,34,39-40,54,57H,17-22,26,28-29H2,1-3H3,(H,52,56)/t30-,34?,39-,40-,43-,44+,45+,46-,47-/m1/s1. The van der Waals surface area contributed by atoms with Gasteiger partial charge < -0.3 is 25.2 Å². The van der Waals surface area contributed by atoms with Crippen LogP contribution in [-0.2, 0) is 6.54 Å². The van der Waals surface area contributed by atoms with Gasteiger partial charge in [0, 0.05) is 33.1 Å². The number of nitrogens with zero attached hydrogens (tertiary/aromatic N) is 1. The summed E-state index contributed by atoms with van der Waals surface area (Å²) in [6, 6.07) is 24.3. The fourth-order valence-electron chi connectivity index (χ4n) is 12.5. The molecule has 3 fully saturated rings. The largest absolute Gasteiger partial charge is 0.573 e. The molecule has 3 aromatic carbocycles. The highest BCUT2D eigenvalue weighted by Crippen LogP contribution is 2.78. The van der Waals surface area contributed by atoms with Crippen molar-refractivity contribution >= 4 is 33.2 Å². The quantitative estimate of drug-likeness (QED) is 0.115. The first-order valence-corrected chi connectivity index (χ1v) is 21.6. The third-order valence-electron chi connectivity index (χ3n) is 15.5. The Morgan fingerprint density at radius 1 is 0.915 bits per heavy atom. The molecule has 1 heterocycles. The van der Waals surface area contributed by atoms with Crippen molar-refractivity contribution in [3.05, 3.63) is 125 Å². The van der Waals surface area contributed by atoms with Crippen molar-refractivity contribution in [1.82, 2.24) is 10.2 Å². The van der Waals surface area contributed by atoms with E-state index < -0.39 is 40.3 Å². The second kappa shape index (κ2) is 14.1. The maximum atomic E-state index is 15.2. The number of rotatable bonds is 9. The number of aliphatic hydroxyl groups is 2. The minimum Gasteiger partial charge on any atom is -0.406 e. The number of ether oxygens (including phenoxy) is 1. The highest BCUT2D eigenvalue weighted by atomic mass is 32.1. The number of aliphatic hydroxyl groups excluding tert-OH is 1. The summed E-state index contributed by atoms with van der Waals surface area (Å²) in [6.07, 6.45) is 6.09. The van der Waals surface area contributed by atoms with E-state index in [9.17, 15) is 28.2 Å². The molecule has 0 saturated heterocycles. The molecular weight excluding hydrogens is 774 g/mol. The summed E-state index contributed by atoms with van der Waals surface area (Å²) in [6.45, 7) is 6.40. The normalized spacial score (nSPS) is 33.7. The Kier molecular flexibility index (Phi) is 9.53. The zero-order valence-electron chi connectivity index (χ0n) is 33.6. The van der Waals surface area contributed by atoms with Gasteiger partial charge in [0.25, 0.3) is 0 Å². The number of alkyl halides is 3. The average molecular weight is 825 g/mol. The van der Waals surface area contributed by atoms with Gasteiger partial charge in [0.1, 0.15) is 5.75 Å². The van der Waals surface area contributed by atoms with Crippen LogP contribution in [0.1, 0.15) is 92.6 Å². The number of hydrogen-bond donors (Lipinski definition) is 3. The van der Waals surface area contributed by atoms with Crippen LogP contribution in [0.15, 0.2) is 109 Å². The summed E-state index contributed by atoms with van der Waals surface area (Å²) >= 11 is 1.50. The Morgan fingerprint density at radius 3 is 2.32 bits per heavy atom. The number of fused-ring (bicyclic) bond motifs is 2. The minimum atomic E-state index is -4.84. The van der Waals surface area contributed by atoms with Gasteiger partial charge >= 0.3 is 12.4 Å². The molecule has 2 bridgehead atoms. The summed E-state index contributed by atoms with van der Waals surface area (Å²) in [5.74, 6) is -0.373. The lowest BCUT2D eigenvalue weighted by Crippen LogP contribution is -2.67. The molecule has 3 N–H and O–H groups in total. The van der Waals surface area contributed by atoms with E-state index in [1.54, 1.807) is 4.90 Å². The van der Waals surface area contributed by atoms with Crippen molar-refractivity contribution in [3.63, 3.8) is 0 Å². The molecule has 2 spiro atoms. The molecule has 0 aliphatic heterocycles. The van der Waals surface area contributed by atoms with Gasteiger partial charge in [-0.25, -0.2) is 4.79 Å². The van der Waals surface area contributed by atoms with Gasteiger partial charge in [0.2, 0.25) is 0 Å². The molecule has 0 radical (unpaired) electrons. The number of thiophene rings is 1. The molecule has 1 aromatic heterocycles. The number of ketones is 1.